The summed E-state index contributed by atoms with van der Waals surface area (Å²) in [5.74, 6) is 1.53. The Hall–Kier alpha value is -2.00. The molecule has 2 aromatic rings. The summed E-state index contributed by atoms with van der Waals surface area (Å²) in [5.41, 5.74) is 1.67. The molecule has 10 heteroatoms. The number of benzene rings is 2. The van der Waals surface area contributed by atoms with E-state index in [1.807, 2.05) is 12.1 Å². The van der Waals surface area contributed by atoms with Gasteiger partial charge in [0.25, 0.3) is 0 Å². The van der Waals surface area contributed by atoms with Gasteiger partial charge in [-0.3, -0.25) is 4.79 Å². The van der Waals surface area contributed by atoms with Gasteiger partial charge in [0, 0.05) is 31.1 Å². The van der Waals surface area contributed by atoms with Crippen molar-refractivity contribution in [1.29, 1.82) is 0 Å². The second kappa shape index (κ2) is 12.0. The Morgan fingerprint density at radius 2 is 1.78 bits per heavy atom. The van der Waals surface area contributed by atoms with Gasteiger partial charge in [-0.15, -0.1) is 0 Å². The smallest absolute Gasteiger partial charge is 0.223 e. The lowest BCUT2D eigenvalue weighted by Gasteiger charge is -2.31. The van der Waals surface area contributed by atoms with Crippen LogP contribution in [0.5, 0.6) is 17.2 Å². The zero-order valence-corrected chi connectivity index (χ0v) is 23.6. The SMILES string of the molecule is COc1ccc(Oc2c(Cl)ccc(CNC(=O)C3CCN(S(=O)(=O)C(C)C)CC3)c2Cl)cc1C(C)C. The molecule has 0 saturated carbocycles. The highest BCUT2D eigenvalue weighted by atomic mass is 35.5. The summed E-state index contributed by atoms with van der Waals surface area (Å²) in [7, 11) is -1.68. The minimum absolute atomic E-state index is 0.123. The number of nitrogens with one attached hydrogen (secondary N) is 1. The molecule has 198 valence electrons. The highest BCUT2D eigenvalue weighted by molar-refractivity contribution is 7.89. The molecule has 7 nitrogen and oxygen atoms in total. The van der Waals surface area contributed by atoms with Crippen LogP contribution >= 0.6 is 23.2 Å². The van der Waals surface area contributed by atoms with Crippen LogP contribution in [0.3, 0.4) is 0 Å². The molecule has 1 saturated heterocycles. The predicted octanol–water partition coefficient (Wildman–Crippen LogP) is 5.98. The van der Waals surface area contributed by atoms with E-state index in [1.165, 1.54) is 4.31 Å². The van der Waals surface area contributed by atoms with E-state index in [0.717, 1.165) is 11.3 Å². The molecule has 0 radical (unpaired) electrons. The fraction of sp³-hybridized carbons (Fsp3) is 0.500. The predicted molar refractivity (Wildman–Crippen MR) is 144 cm³/mol. The summed E-state index contributed by atoms with van der Waals surface area (Å²) in [6, 6.07) is 8.97. The van der Waals surface area contributed by atoms with Gasteiger partial charge < -0.3 is 14.8 Å². The fourth-order valence-electron chi connectivity index (χ4n) is 4.15. The van der Waals surface area contributed by atoms with E-state index >= 15 is 0 Å². The molecular formula is C26H34Cl2N2O5S. The Bertz CT molecular complexity index is 1190. The van der Waals surface area contributed by atoms with Crippen molar-refractivity contribution in [3.05, 3.63) is 51.5 Å². The average molecular weight is 558 g/mol. The summed E-state index contributed by atoms with van der Waals surface area (Å²) < 4.78 is 37.7. The molecule has 1 aliphatic rings. The minimum atomic E-state index is -3.31. The van der Waals surface area contributed by atoms with Gasteiger partial charge in [0.15, 0.2) is 5.75 Å². The number of hydrogen-bond donors (Lipinski definition) is 1. The number of piperidine rings is 1. The molecule has 0 bridgehead atoms. The van der Waals surface area contributed by atoms with Gasteiger partial charge in [-0.05, 0) is 62.4 Å². The summed E-state index contributed by atoms with van der Waals surface area (Å²) in [6.45, 7) is 8.36. The number of hydrogen-bond acceptors (Lipinski definition) is 5. The lowest BCUT2D eigenvalue weighted by atomic mass is 9.97. The molecule has 1 aliphatic heterocycles. The van der Waals surface area contributed by atoms with Crippen LogP contribution in [0, 0.1) is 5.92 Å². The van der Waals surface area contributed by atoms with E-state index in [2.05, 4.69) is 19.2 Å². The maximum atomic E-state index is 12.8. The van der Waals surface area contributed by atoms with E-state index in [4.69, 9.17) is 32.7 Å². The van der Waals surface area contributed by atoms with Crippen LogP contribution in [0.15, 0.2) is 30.3 Å². The number of carbonyl (C=O) groups excluding carboxylic acids is 1. The van der Waals surface area contributed by atoms with Crippen molar-refractivity contribution in [3.63, 3.8) is 0 Å². The number of carbonyl (C=O) groups is 1. The van der Waals surface area contributed by atoms with Crippen LogP contribution < -0.4 is 14.8 Å². The average Bonchev–Trinajstić information content (AvgIpc) is 2.85. The Morgan fingerprint density at radius 1 is 1.11 bits per heavy atom. The molecule has 3 rings (SSSR count). The van der Waals surface area contributed by atoms with Gasteiger partial charge in [-0.25, -0.2) is 12.7 Å². The topological polar surface area (TPSA) is 84.9 Å². The maximum Gasteiger partial charge on any atom is 0.223 e. The first kappa shape index (κ1) is 28.6. The van der Waals surface area contributed by atoms with Crippen molar-refractivity contribution >= 4 is 39.1 Å². The Kier molecular flexibility index (Phi) is 9.55. The quantitative estimate of drug-likeness (QED) is 0.410. The number of sulfonamides is 1. The van der Waals surface area contributed by atoms with Gasteiger partial charge >= 0.3 is 0 Å². The largest absolute Gasteiger partial charge is 0.496 e. The van der Waals surface area contributed by atoms with Gasteiger partial charge in [0.2, 0.25) is 15.9 Å². The second-order valence-electron chi connectivity index (χ2n) is 9.49. The molecule has 1 heterocycles. The molecule has 0 aliphatic carbocycles. The maximum absolute atomic E-state index is 12.8. The van der Waals surface area contributed by atoms with E-state index in [9.17, 15) is 13.2 Å². The van der Waals surface area contributed by atoms with Gasteiger partial charge in [0.1, 0.15) is 11.5 Å². The zero-order valence-electron chi connectivity index (χ0n) is 21.3. The van der Waals surface area contributed by atoms with Crippen LogP contribution in [-0.4, -0.2) is 44.1 Å². The summed E-state index contributed by atoms with van der Waals surface area (Å²) in [6.07, 6.45) is 0.965. The van der Waals surface area contributed by atoms with Crippen molar-refractivity contribution in [2.24, 2.45) is 5.92 Å². The number of nitrogens with zero attached hydrogens (tertiary/aromatic N) is 1. The van der Waals surface area contributed by atoms with Gasteiger partial charge in [-0.1, -0.05) is 43.1 Å². The zero-order chi connectivity index (χ0) is 26.6. The highest BCUT2D eigenvalue weighted by Crippen LogP contribution is 2.40. The molecule has 0 aromatic heterocycles. The number of ether oxygens (including phenoxy) is 2. The summed E-state index contributed by atoms with van der Waals surface area (Å²) in [4.78, 5) is 12.8. The number of amides is 1. The minimum Gasteiger partial charge on any atom is -0.496 e. The van der Waals surface area contributed by atoms with E-state index in [1.54, 1.807) is 39.2 Å². The van der Waals surface area contributed by atoms with Crippen LogP contribution in [0.2, 0.25) is 10.0 Å². The number of methoxy groups -OCH3 is 1. The first-order chi connectivity index (χ1) is 16.9. The highest BCUT2D eigenvalue weighted by Gasteiger charge is 2.32. The van der Waals surface area contributed by atoms with E-state index < -0.39 is 15.3 Å². The monoisotopic (exact) mass is 556 g/mol. The molecule has 0 spiro atoms. The van der Waals surface area contributed by atoms with Crippen LogP contribution in [0.1, 0.15) is 57.6 Å². The molecule has 2 aromatic carbocycles. The third-order valence-corrected chi connectivity index (χ3v) is 9.39. The van der Waals surface area contributed by atoms with Gasteiger partial charge in [0.05, 0.1) is 22.4 Å². The van der Waals surface area contributed by atoms with Crippen LogP contribution in [0.4, 0.5) is 0 Å². The lowest BCUT2D eigenvalue weighted by molar-refractivity contribution is -0.126. The second-order valence-corrected chi connectivity index (χ2v) is 12.8. The lowest BCUT2D eigenvalue weighted by Crippen LogP contribution is -2.45. The molecule has 0 unspecified atom stereocenters. The van der Waals surface area contributed by atoms with E-state index in [0.29, 0.717) is 53.0 Å². The number of rotatable bonds is 9. The van der Waals surface area contributed by atoms with Gasteiger partial charge in [-0.2, -0.15) is 0 Å². The molecule has 0 atom stereocenters. The fourth-order valence-corrected chi connectivity index (χ4v) is 5.98. The first-order valence-corrected chi connectivity index (χ1v) is 14.3. The van der Waals surface area contributed by atoms with Crippen molar-refractivity contribution in [2.45, 2.75) is 58.2 Å². The Labute approximate surface area is 224 Å². The normalized spacial score (nSPS) is 15.4. The van der Waals surface area contributed by atoms with Crippen LogP contribution in [0.25, 0.3) is 0 Å². The molecule has 36 heavy (non-hydrogen) atoms. The summed E-state index contributed by atoms with van der Waals surface area (Å²) >= 11 is 13.0. The molecular weight excluding hydrogens is 523 g/mol. The first-order valence-electron chi connectivity index (χ1n) is 12.0. The number of halogens is 2. The van der Waals surface area contributed by atoms with Crippen molar-refractivity contribution in [1.82, 2.24) is 9.62 Å². The van der Waals surface area contributed by atoms with Crippen molar-refractivity contribution in [3.8, 4) is 17.2 Å². The molecule has 1 N–H and O–H groups in total. The third-order valence-electron chi connectivity index (χ3n) is 6.41. The van der Waals surface area contributed by atoms with Crippen molar-refractivity contribution in [2.75, 3.05) is 20.2 Å². The third kappa shape index (κ3) is 6.46. The standard InChI is InChI=1S/C26H34Cl2N2O5S/c1-16(2)21-14-20(7-9-23(21)34-5)35-25-22(27)8-6-19(24(25)28)15-29-26(31)18-10-12-30(13-11-18)36(32,33)17(3)4/h6-9,14,16-18H,10-13,15H2,1-5H3,(H,29,31). The summed E-state index contributed by atoms with van der Waals surface area (Å²) in [5, 5.41) is 3.14. The Morgan fingerprint density at radius 3 is 2.36 bits per heavy atom. The Balaban J connectivity index is 1.67. The molecule has 1 fully saturated rings. The van der Waals surface area contributed by atoms with Crippen LogP contribution in [-0.2, 0) is 21.4 Å². The molecule has 1 amide bonds. The van der Waals surface area contributed by atoms with E-state index in [-0.39, 0.29) is 24.3 Å². The van der Waals surface area contributed by atoms with Crippen molar-refractivity contribution < 1.29 is 22.7 Å².